The highest BCUT2D eigenvalue weighted by Crippen LogP contribution is 2.40. The molecule has 1 fully saturated rings. The minimum absolute atomic E-state index is 0.00544. The summed E-state index contributed by atoms with van der Waals surface area (Å²) >= 11 is 0. The SMILES string of the molecule is CC1CNCCC1(O)C(C)(C)C. The molecule has 1 rings (SSSR count). The van der Waals surface area contributed by atoms with Crippen molar-refractivity contribution in [3.63, 3.8) is 0 Å². The predicted octanol–water partition coefficient (Wildman–Crippen LogP) is 1.39. The molecule has 0 amide bonds. The number of hydrogen-bond acceptors (Lipinski definition) is 2. The highest BCUT2D eigenvalue weighted by molar-refractivity contribution is 4.97. The van der Waals surface area contributed by atoms with Crippen LogP contribution in [0, 0.1) is 11.3 Å². The summed E-state index contributed by atoms with van der Waals surface area (Å²) < 4.78 is 0. The summed E-state index contributed by atoms with van der Waals surface area (Å²) in [6.45, 7) is 10.4. The minimum atomic E-state index is -0.488. The van der Waals surface area contributed by atoms with Crippen molar-refractivity contribution in [3.8, 4) is 0 Å². The van der Waals surface area contributed by atoms with E-state index < -0.39 is 5.60 Å². The van der Waals surface area contributed by atoms with Gasteiger partial charge in [0.25, 0.3) is 0 Å². The van der Waals surface area contributed by atoms with Gasteiger partial charge in [-0.05, 0) is 24.3 Å². The fourth-order valence-electron chi connectivity index (χ4n) is 2.13. The van der Waals surface area contributed by atoms with Crippen LogP contribution in [0.5, 0.6) is 0 Å². The topological polar surface area (TPSA) is 32.3 Å². The largest absolute Gasteiger partial charge is 0.389 e. The van der Waals surface area contributed by atoms with Crippen LogP contribution >= 0.6 is 0 Å². The molecule has 1 saturated heterocycles. The third-order valence-electron chi connectivity index (χ3n) is 3.25. The van der Waals surface area contributed by atoms with Gasteiger partial charge in [-0.25, -0.2) is 0 Å². The van der Waals surface area contributed by atoms with Gasteiger partial charge in [-0.15, -0.1) is 0 Å². The van der Waals surface area contributed by atoms with Crippen LogP contribution < -0.4 is 5.32 Å². The first kappa shape index (κ1) is 10.0. The Morgan fingerprint density at radius 2 is 2.00 bits per heavy atom. The monoisotopic (exact) mass is 171 g/mol. The molecule has 2 unspecified atom stereocenters. The molecule has 2 nitrogen and oxygen atoms in total. The van der Waals surface area contributed by atoms with Crippen LogP contribution in [0.4, 0.5) is 0 Å². The van der Waals surface area contributed by atoms with E-state index in [1.54, 1.807) is 0 Å². The fraction of sp³-hybridized carbons (Fsp3) is 1.00. The molecule has 1 heterocycles. The van der Waals surface area contributed by atoms with E-state index in [9.17, 15) is 5.11 Å². The molecular formula is C10H21NO. The van der Waals surface area contributed by atoms with Gasteiger partial charge in [-0.1, -0.05) is 27.7 Å². The van der Waals surface area contributed by atoms with Crippen molar-refractivity contribution in [2.45, 2.75) is 39.7 Å². The summed E-state index contributed by atoms with van der Waals surface area (Å²) in [6.07, 6.45) is 0.873. The lowest BCUT2D eigenvalue weighted by molar-refractivity contribution is -0.115. The van der Waals surface area contributed by atoms with Crippen LogP contribution in [-0.2, 0) is 0 Å². The molecule has 1 aliphatic heterocycles. The Morgan fingerprint density at radius 3 is 2.33 bits per heavy atom. The average Bonchev–Trinajstić information content (AvgIpc) is 1.93. The molecule has 12 heavy (non-hydrogen) atoms. The Labute approximate surface area is 75.4 Å². The number of rotatable bonds is 0. The van der Waals surface area contributed by atoms with Crippen LogP contribution in [0.1, 0.15) is 34.1 Å². The molecule has 0 aliphatic carbocycles. The Balaban J connectivity index is 2.79. The first-order valence-electron chi connectivity index (χ1n) is 4.81. The normalized spacial score (nSPS) is 38.2. The second-order valence-electron chi connectivity index (χ2n) is 5.03. The number of piperidine rings is 1. The summed E-state index contributed by atoms with van der Waals surface area (Å²) in [5, 5.41) is 13.7. The van der Waals surface area contributed by atoms with Gasteiger partial charge in [0, 0.05) is 6.54 Å². The highest BCUT2D eigenvalue weighted by Gasteiger charge is 2.45. The van der Waals surface area contributed by atoms with Crippen molar-refractivity contribution in [3.05, 3.63) is 0 Å². The number of nitrogens with one attached hydrogen (secondary N) is 1. The molecule has 0 aromatic carbocycles. The first-order valence-corrected chi connectivity index (χ1v) is 4.81. The lowest BCUT2D eigenvalue weighted by Gasteiger charge is -2.47. The summed E-state index contributed by atoms with van der Waals surface area (Å²) in [5.74, 6) is 0.353. The standard InChI is InChI=1S/C10H21NO/c1-8-7-11-6-5-10(8,12)9(2,3)4/h8,11-12H,5-7H2,1-4H3. The van der Waals surface area contributed by atoms with Crippen molar-refractivity contribution < 1.29 is 5.11 Å². The van der Waals surface area contributed by atoms with Gasteiger partial charge < -0.3 is 10.4 Å². The van der Waals surface area contributed by atoms with Crippen molar-refractivity contribution in [1.29, 1.82) is 0 Å². The van der Waals surface area contributed by atoms with E-state index in [1.165, 1.54) is 0 Å². The molecule has 2 N–H and O–H groups in total. The lowest BCUT2D eigenvalue weighted by atomic mass is 9.66. The molecule has 0 aromatic rings. The Kier molecular flexibility index (Phi) is 2.50. The second-order valence-corrected chi connectivity index (χ2v) is 5.03. The van der Waals surface area contributed by atoms with Crippen LogP contribution in [0.25, 0.3) is 0 Å². The zero-order valence-corrected chi connectivity index (χ0v) is 8.65. The number of aliphatic hydroxyl groups is 1. The lowest BCUT2D eigenvalue weighted by Crippen LogP contribution is -2.56. The number of hydrogen-bond donors (Lipinski definition) is 2. The van der Waals surface area contributed by atoms with Crippen LogP contribution in [-0.4, -0.2) is 23.8 Å². The fourth-order valence-corrected chi connectivity index (χ4v) is 2.13. The van der Waals surface area contributed by atoms with Gasteiger partial charge in [-0.3, -0.25) is 0 Å². The van der Waals surface area contributed by atoms with Gasteiger partial charge >= 0.3 is 0 Å². The predicted molar refractivity (Wildman–Crippen MR) is 51.1 cm³/mol. The van der Waals surface area contributed by atoms with Gasteiger partial charge in [0.1, 0.15) is 0 Å². The van der Waals surface area contributed by atoms with Gasteiger partial charge in [0.05, 0.1) is 5.60 Å². The van der Waals surface area contributed by atoms with Gasteiger partial charge in [-0.2, -0.15) is 0 Å². The summed E-state index contributed by atoms with van der Waals surface area (Å²) in [4.78, 5) is 0. The van der Waals surface area contributed by atoms with Crippen LogP contribution in [0.15, 0.2) is 0 Å². The van der Waals surface area contributed by atoms with E-state index in [0.717, 1.165) is 19.5 Å². The van der Waals surface area contributed by atoms with Gasteiger partial charge in [0.15, 0.2) is 0 Å². The molecular weight excluding hydrogens is 150 g/mol. The van der Waals surface area contributed by atoms with Crippen LogP contribution in [0.3, 0.4) is 0 Å². The first-order chi connectivity index (χ1) is 5.38. The molecule has 0 saturated carbocycles. The maximum atomic E-state index is 10.4. The molecule has 0 bridgehead atoms. The Bertz CT molecular complexity index is 162. The summed E-state index contributed by atoms with van der Waals surface area (Å²) in [5.41, 5.74) is -0.493. The molecule has 2 heteroatoms. The zero-order chi connectivity index (χ0) is 9.41. The van der Waals surface area contributed by atoms with Crippen molar-refractivity contribution in [1.82, 2.24) is 5.32 Å². The molecule has 0 radical (unpaired) electrons. The van der Waals surface area contributed by atoms with E-state index >= 15 is 0 Å². The minimum Gasteiger partial charge on any atom is -0.389 e. The molecule has 1 aliphatic rings. The quantitative estimate of drug-likeness (QED) is 0.577. The maximum Gasteiger partial charge on any atom is 0.0745 e. The van der Waals surface area contributed by atoms with Gasteiger partial charge in [0.2, 0.25) is 0 Å². The summed E-state index contributed by atoms with van der Waals surface area (Å²) in [6, 6.07) is 0. The zero-order valence-electron chi connectivity index (χ0n) is 8.65. The molecule has 2 atom stereocenters. The average molecular weight is 171 g/mol. The van der Waals surface area contributed by atoms with E-state index in [-0.39, 0.29) is 5.41 Å². The van der Waals surface area contributed by atoms with E-state index in [2.05, 4.69) is 33.0 Å². The summed E-state index contributed by atoms with van der Waals surface area (Å²) in [7, 11) is 0. The van der Waals surface area contributed by atoms with Crippen molar-refractivity contribution >= 4 is 0 Å². The smallest absolute Gasteiger partial charge is 0.0745 e. The Morgan fingerprint density at radius 1 is 1.42 bits per heavy atom. The molecule has 0 aromatic heterocycles. The molecule has 72 valence electrons. The highest BCUT2D eigenvalue weighted by atomic mass is 16.3. The van der Waals surface area contributed by atoms with E-state index in [4.69, 9.17) is 0 Å². The third kappa shape index (κ3) is 1.50. The second kappa shape index (κ2) is 3.00. The van der Waals surface area contributed by atoms with Crippen molar-refractivity contribution in [2.75, 3.05) is 13.1 Å². The maximum absolute atomic E-state index is 10.4. The third-order valence-corrected chi connectivity index (χ3v) is 3.25. The molecule has 0 spiro atoms. The van der Waals surface area contributed by atoms with Crippen LogP contribution in [0.2, 0.25) is 0 Å². The van der Waals surface area contributed by atoms with Crippen molar-refractivity contribution in [2.24, 2.45) is 11.3 Å². The van der Waals surface area contributed by atoms with E-state index in [0.29, 0.717) is 5.92 Å². The Hall–Kier alpha value is -0.0800. The van der Waals surface area contributed by atoms with E-state index in [1.807, 2.05) is 0 Å².